The Labute approximate surface area is 153 Å². The molecule has 0 saturated heterocycles. The highest BCUT2D eigenvalue weighted by Crippen LogP contribution is 2.27. The number of ether oxygens (including phenoxy) is 1. The summed E-state index contributed by atoms with van der Waals surface area (Å²) in [7, 11) is 0. The van der Waals surface area contributed by atoms with Crippen LogP contribution in [0.4, 0.5) is 0 Å². The van der Waals surface area contributed by atoms with Gasteiger partial charge in [-0.15, -0.1) is 0 Å². The minimum Gasteiger partial charge on any atom is -0.465 e. The van der Waals surface area contributed by atoms with Crippen LogP contribution in [0, 0.1) is 0 Å². The molecule has 2 nitrogen and oxygen atoms in total. The van der Waals surface area contributed by atoms with Crippen molar-refractivity contribution in [3.05, 3.63) is 69.7 Å². The largest absolute Gasteiger partial charge is 0.465 e. The maximum Gasteiger partial charge on any atom is 0.313 e. The van der Waals surface area contributed by atoms with E-state index >= 15 is 0 Å². The summed E-state index contributed by atoms with van der Waals surface area (Å²) in [5, 5.41) is 1.08. The Morgan fingerprint density at radius 3 is 2.50 bits per heavy atom. The topological polar surface area (TPSA) is 26.3 Å². The highest BCUT2D eigenvalue weighted by atomic mass is 35.5. The molecule has 128 valence electrons. The van der Waals surface area contributed by atoms with E-state index in [4.69, 9.17) is 27.9 Å². The fourth-order valence-electron chi connectivity index (χ4n) is 2.53. The fourth-order valence-corrected chi connectivity index (χ4v) is 2.85. The molecule has 0 fully saturated rings. The van der Waals surface area contributed by atoms with Crippen LogP contribution in [-0.2, 0) is 16.0 Å². The lowest BCUT2D eigenvalue weighted by Gasteiger charge is -2.16. The molecule has 0 bridgehead atoms. The summed E-state index contributed by atoms with van der Waals surface area (Å²) < 4.78 is 5.44. The summed E-state index contributed by atoms with van der Waals surface area (Å²) in [4.78, 5) is 12.5. The van der Waals surface area contributed by atoms with Crippen molar-refractivity contribution < 1.29 is 9.53 Å². The van der Waals surface area contributed by atoms with E-state index in [2.05, 4.69) is 6.92 Å². The number of hydrogen-bond donors (Lipinski definition) is 0. The van der Waals surface area contributed by atoms with E-state index in [0.29, 0.717) is 23.1 Å². The third-order valence-electron chi connectivity index (χ3n) is 3.93. The van der Waals surface area contributed by atoms with E-state index in [0.717, 1.165) is 30.4 Å². The molecule has 1 unspecified atom stereocenters. The van der Waals surface area contributed by atoms with E-state index in [1.54, 1.807) is 6.07 Å². The molecule has 2 aromatic rings. The Hall–Kier alpha value is -1.51. The molecule has 0 aliphatic carbocycles. The number of halogens is 2. The smallest absolute Gasteiger partial charge is 0.313 e. The molecule has 2 aromatic carbocycles. The van der Waals surface area contributed by atoms with Crippen molar-refractivity contribution >= 4 is 29.2 Å². The third kappa shape index (κ3) is 5.54. The molecule has 0 heterocycles. The van der Waals surface area contributed by atoms with E-state index in [1.165, 1.54) is 0 Å². The average molecular weight is 365 g/mol. The van der Waals surface area contributed by atoms with E-state index in [9.17, 15) is 4.79 Å². The van der Waals surface area contributed by atoms with Crippen molar-refractivity contribution in [2.45, 2.75) is 38.5 Å². The lowest BCUT2D eigenvalue weighted by Crippen LogP contribution is -2.17. The van der Waals surface area contributed by atoms with E-state index in [-0.39, 0.29) is 11.9 Å². The van der Waals surface area contributed by atoms with Crippen molar-refractivity contribution in [2.24, 2.45) is 0 Å². The molecule has 0 aliphatic rings. The van der Waals surface area contributed by atoms with Crippen molar-refractivity contribution in [1.82, 2.24) is 0 Å². The second-order valence-corrected chi connectivity index (χ2v) is 6.59. The third-order valence-corrected chi connectivity index (χ3v) is 4.67. The normalized spacial score (nSPS) is 12.0. The predicted molar refractivity (Wildman–Crippen MR) is 99.8 cm³/mol. The van der Waals surface area contributed by atoms with Gasteiger partial charge in [0.05, 0.1) is 22.6 Å². The first-order valence-corrected chi connectivity index (χ1v) is 9.03. The number of esters is 1. The summed E-state index contributed by atoms with van der Waals surface area (Å²) in [6.07, 6.45) is 3.30. The van der Waals surface area contributed by atoms with Crippen molar-refractivity contribution in [1.29, 1.82) is 0 Å². The number of aryl methyl sites for hydroxylation is 1. The molecule has 0 spiro atoms. The zero-order valence-corrected chi connectivity index (χ0v) is 15.3. The maximum atomic E-state index is 12.5. The maximum absolute atomic E-state index is 12.5. The Balaban J connectivity index is 2.07. The highest BCUT2D eigenvalue weighted by Gasteiger charge is 2.22. The van der Waals surface area contributed by atoms with Gasteiger partial charge < -0.3 is 4.74 Å². The lowest BCUT2D eigenvalue weighted by atomic mass is 9.92. The Kier molecular flexibility index (Phi) is 7.61. The van der Waals surface area contributed by atoms with E-state index < -0.39 is 0 Å². The van der Waals surface area contributed by atoms with Crippen LogP contribution in [0.15, 0.2) is 48.5 Å². The molecule has 1 atom stereocenters. The standard InChI is InChI=1S/C20H22Cl2O2/c1-2-3-13-24-20(23)17(16-7-5-4-6-8-16)11-9-15-10-12-18(21)19(22)14-15/h4-8,10,12,14,17H,2-3,9,11,13H2,1H3. The van der Waals surface area contributed by atoms with Crippen LogP contribution in [0.2, 0.25) is 10.0 Å². The van der Waals surface area contributed by atoms with Crippen LogP contribution in [0.5, 0.6) is 0 Å². The van der Waals surface area contributed by atoms with Crippen molar-refractivity contribution in [3.8, 4) is 0 Å². The van der Waals surface area contributed by atoms with Crippen molar-refractivity contribution in [3.63, 3.8) is 0 Å². The van der Waals surface area contributed by atoms with Gasteiger partial charge in [-0.3, -0.25) is 4.79 Å². The molecule has 24 heavy (non-hydrogen) atoms. The first-order chi connectivity index (χ1) is 11.6. The molecule has 4 heteroatoms. The van der Waals surface area contributed by atoms with Gasteiger partial charge in [0.1, 0.15) is 0 Å². The second-order valence-electron chi connectivity index (χ2n) is 5.77. The Morgan fingerprint density at radius 2 is 1.83 bits per heavy atom. The molecule has 2 rings (SSSR count). The zero-order chi connectivity index (χ0) is 17.4. The summed E-state index contributed by atoms with van der Waals surface area (Å²) in [6.45, 7) is 2.55. The fraction of sp³-hybridized carbons (Fsp3) is 0.350. The zero-order valence-electron chi connectivity index (χ0n) is 13.8. The number of hydrogen-bond acceptors (Lipinski definition) is 2. The number of carbonyl (C=O) groups is 1. The van der Waals surface area contributed by atoms with Crippen molar-refractivity contribution in [2.75, 3.05) is 6.61 Å². The minimum absolute atomic E-state index is 0.158. The first-order valence-electron chi connectivity index (χ1n) is 8.27. The van der Waals surface area contributed by atoms with Crippen LogP contribution in [-0.4, -0.2) is 12.6 Å². The van der Waals surface area contributed by atoms with Crippen LogP contribution < -0.4 is 0 Å². The van der Waals surface area contributed by atoms with Gasteiger partial charge in [0.25, 0.3) is 0 Å². The van der Waals surface area contributed by atoms with Gasteiger partial charge in [0.2, 0.25) is 0 Å². The molecular formula is C20H22Cl2O2. The quantitative estimate of drug-likeness (QED) is 0.420. The number of rotatable bonds is 8. The highest BCUT2D eigenvalue weighted by molar-refractivity contribution is 6.42. The average Bonchev–Trinajstić information content (AvgIpc) is 2.59. The SMILES string of the molecule is CCCCOC(=O)C(CCc1ccc(Cl)c(Cl)c1)c1ccccc1. The predicted octanol–water partition coefficient (Wildman–Crippen LogP) is 6.05. The molecule has 0 saturated carbocycles. The summed E-state index contributed by atoms with van der Waals surface area (Å²) in [5.74, 6) is -0.424. The minimum atomic E-state index is -0.266. The van der Waals surface area contributed by atoms with Gasteiger partial charge in [-0.1, -0.05) is 72.9 Å². The van der Waals surface area contributed by atoms with Crippen LogP contribution in [0.25, 0.3) is 0 Å². The van der Waals surface area contributed by atoms with Crippen LogP contribution in [0.3, 0.4) is 0 Å². The van der Waals surface area contributed by atoms with Gasteiger partial charge in [-0.25, -0.2) is 0 Å². The number of carbonyl (C=O) groups excluding carboxylic acids is 1. The Bertz CT molecular complexity index is 656. The molecule has 0 aromatic heterocycles. The molecule has 0 N–H and O–H groups in total. The summed E-state index contributed by atoms with van der Waals surface area (Å²) in [5.41, 5.74) is 2.05. The first kappa shape index (κ1) is 18.8. The molecule has 0 amide bonds. The van der Waals surface area contributed by atoms with Crippen LogP contribution in [0.1, 0.15) is 43.2 Å². The Morgan fingerprint density at radius 1 is 1.08 bits per heavy atom. The van der Waals surface area contributed by atoms with E-state index in [1.807, 2.05) is 42.5 Å². The number of benzene rings is 2. The molecule has 0 aliphatic heterocycles. The monoisotopic (exact) mass is 364 g/mol. The second kappa shape index (κ2) is 9.71. The molecular weight excluding hydrogens is 343 g/mol. The van der Waals surface area contributed by atoms with Gasteiger partial charge in [0, 0.05) is 0 Å². The number of unbranched alkanes of at least 4 members (excludes halogenated alkanes) is 1. The molecule has 0 radical (unpaired) electrons. The lowest BCUT2D eigenvalue weighted by molar-refractivity contribution is -0.145. The summed E-state index contributed by atoms with van der Waals surface area (Å²) in [6, 6.07) is 15.4. The van der Waals surface area contributed by atoms with Gasteiger partial charge in [-0.2, -0.15) is 0 Å². The summed E-state index contributed by atoms with van der Waals surface area (Å²) >= 11 is 12.0. The van der Waals surface area contributed by atoms with Gasteiger partial charge >= 0.3 is 5.97 Å². The van der Waals surface area contributed by atoms with Crippen LogP contribution >= 0.6 is 23.2 Å². The van der Waals surface area contributed by atoms with Gasteiger partial charge in [0.15, 0.2) is 0 Å². The van der Waals surface area contributed by atoms with Gasteiger partial charge in [-0.05, 0) is 42.5 Å².